The molecule has 0 radical (unpaired) electrons. The van der Waals surface area contributed by atoms with Gasteiger partial charge in [-0.05, 0) is 53.1 Å². The van der Waals surface area contributed by atoms with Gasteiger partial charge >= 0.3 is 0 Å². The van der Waals surface area contributed by atoms with E-state index >= 15 is 0 Å². The Morgan fingerprint density at radius 1 is 1.09 bits per heavy atom. The van der Waals surface area contributed by atoms with Crippen LogP contribution in [0.1, 0.15) is 11.1 Å². The lowest BCUT2D eigenvalue weighted by atomic mass is 10.0. The Bertz CT molecular complexity index is 1320. The lowest BCUT2D eigenvalue weighted by Gasteiger charge is -2.09. The fraction of sp³-hybridized carbons (Fsp3) is 0.154. The van der Waals surface area contributed by atoms with Gasteiger partial charge < -0.3 is 24.5 Å². The van der Waals surface area contributed by atoms with Crippen LogP contribution in [0.2, 0.25) is 0 Å². The van der Waals surface area contributed by atoms with Crippen molar-refractivity contribution in [3.8, 4) is 22.6 Å². The predicted molar refractivity (Wildman–Crippen MR) is 139 cm³/mol. The summed E-state index contributed by atoms with van der Waals surface area (Å²) in [4.78, 5) is 20.1. The van der Waals surface area contributed by atoms with Gasteiger partial charge in [-0.1, -0.05) is 30.1 Å². The topological polar surface area (TPSA) is 88.3 Å². The highest BCUT2D eigenvalue weighted by molar-refractivity contribution is 7.99. The summed E-state index contributed by atoms with van der Waals surface area (Å²) in [6, 6.07) is 15.8. The molecule has 4 aromatic rings. The average molecular weight is 475 g/mol. The zero-order valence-electron chi connectivity index (χ0n) is 19.2. The lowest BCUT2D eigenvalue weighted by Crippen LogP contribution is -2.20. The number of rotatable bonds is 9. The molecule has 174 valence electrons. The number of nitrogens with one attached hydrogen (secondary N) is 3. The van der Waals surface area contributed by atoms with Gasteiger partial charge in [0.05, 0.1) is 14.2 Å². The molecule has 0 aliphatic carbocycles. The van der Waals surface area contributed by atoms with Gasteiger partial charge in [0.25, 0.3) is 0 Å². The van der Waals surface area contributed by atoms with Crippen LogP contribution in [0.15, 0.2) is 67.0 Å². The van der Waals surface area contributed by atoms with E-state index in [2.05, 4.69) is 32.1 Å². The zero-order valence-corrected chi connectivity index (χ0v) is 20.0. The number of aromatic amines is 1. The molecule has 0 fully saturated rings. The van der Waals surface area contributed by atoms with Crippen LogP contribution in [-0.2, 0) is 11.3 Å². The van der Waals surface area contributed by atoms with Crippen molar-refractivity contribution in [1.29, 1.82) is 0 Å². The van der Waals surface area contributed by atoms with Gasteiger partial charge in [-0.3, -0.25) is 4.79 Å². The standard InChI is InChI=1S/C26H26N4O3S/c1-32-22-10-4-17(14-23(22)33-2)15-28-24(31)11-7-19-16-29-26-25(19)21(12-13-27-26)18-5-8-20(9-6-18)30-34-3/h4-14,16,30H,15H2,1-3H3,(H,27,29)(H,28,31)/b11-7+. The molecule has 0 spiro atoms. The van der Waals surface area contributed by atoms with Crippen LogP contribution >= 0.6 is 11.9 Å². The third kappa shape index (κ3) is 5.18. The van der Waals surface area contributed by atoms with Gasteiger partial charge in [0.1, 0.15) is 5.65 Å². The van der Waals surface area contributed by atoms with Gasteiger partial charge in [0.2, 0.25) is 5.91 Å². The minimum absolute atomic E-state index is 0.193. The normalized spacial score (nSPS) is 11.0. The van der Waals surface area contributed by atoms with Gasteiger partial charge in [-0.15, -0.1) is 0 Å². The van der Waals surface area contributed by atoms with Gasteiger partial charge in [-0.2, -0.15) is 0 Å². The molecule has 0 bridgehead atoms. The van der Waals surface area contributed by atoms with E-state index in [9.17, 15) is 4.79 Å². The molecule has 0 aliphatic heterocycles. The number of anilines is 1. The molecule has 2 aromatic heterocycles. The number of hydrogen-bond donors (Lipinski definition) is 3. The molecule has 3 N–H and O–H groups in total. The van der Waals surface area contributed by atoms with E-state index in [1.165, 1.54) is 6.08 Å². The second-order valence-electron chi connectivity index (χ2n) is 7.45. The molecule has 0 aliphatic rings. The minimum atomic E-state index is -0.193. The van der Waals surface area contributed by atoms with E-state index in [0.717, 1.165) is 39.0 Å². The van der Waals surface area contributed by atoms with Crippen LogP contribution in [0.3, 0.4) is 0 Å². The maximum atomic E-state index is 12.5. The number of nitrogens with zero attached hydrogens (tertiary/aromatic N) is 1. The smallest absolute Gasteiger partial charge is 0.244 e. The number of H-pyrrole nitrogens is 1. The van der Waals surface area contributed by atoms with Crippen LogP contribution in [0, 0.1) is 0 Å². The second kappa shape index (κ2) is 10.8. The number of fused-ring (bicyclic) bond motifs is 1. The van der Waals surface area contributed by atoms with E-state index in [1.807, 2.05) is 48.9 Å². The third-order valence-electron chi connectivity index (χ3n) is 5.35. The molecule has 0 saturated carbocycles. The summed E-state index contributed by atoms with van der Waals surface area (Å²) < 4.78 is 13.8. The van der Waals surface area contributed by atoms with Crippen molar-refractivity contribution in [3.63, 3.8) is 0 Å². The second-order valence-corrected chi connectivity index (χ2v) is 8.06. The summed E-state index contributed by atoms with van der Waals surface area (Å²) in [6.07, 6.45) is 8.97. The maximum Gasteiger partial charge on any atom is 0.244 e. The van der Waals surface area contributed by atoms with E-state index < -0.39 is 0 Å². The van der Waals surface area contributed by atoms with E-state index in [-0.39, 0.29) is 5.91 Å². The number of hydrogen-bond acceptors (Lipinski definition) is 6. The van der Waals surface area contributed by atoms with Crippen molar-refractivity contribution in [2.45, 2.75) is 6.54 Å². The highest BCUT2D eigenvalue weighted by Gasteiger charge is 2.11. The van der Waals surface area contributed by atoms with Crippen molar-refractivity contribution >= 4 is 40.7 Å². The molecule has 2 aromatic carbocycles. The summed E-state index contributed by atoms with van der Waals surface area (Å²) >= 11 is 1.55. The molecular formula is C26H26N4O3S. The number of aromatic nitrogens is 2. The van der Waals surface area contributed by atoms with Crippen molar-refractivity contribution in [2.24, 2.45) is 0 Å². The van der Waals surface area contributed by atoms with Crippen LogP contribution in [0.25, 0.3) is 28.2 Å². The van der Waals surface area contributed by atoms with Crippen LogP contribution in [0.5, 0.6) is 11.5 Å². The molecule has 4 rings (SSSR count). The van der Waals surface area contributed by atoms with Crippen molar-refractivity contribution in [2.75, 3.05) is 25.2 Å². The molecular weight excluding hydrogens is 448 g/mol. The first kappa shape index (κ1) is 23.3. The fourth-order valence-electron chi connectivity index (χ4n) is 3.69. The number of amides is 1. The Labute approximate surface area is 202 Å². The lowest BCUT2D eigenvalue weighted by molar-refractivity contribution is -0.116. The number of pyridine rings is 1. The molecule has 0 saturated heterocycles. The Balaban J connectivity index is 1.51. The Morgan fingerprint density at radius 3 is 2.62 bits per heavy atom. The van der Waals surface area contributed by atoms with Crippen LogP contribution in [0.4, 0.5) is 5.69 Å². The summed E-state index contributed by atoms with van der Waals surface area (Å²) in [7, 11) is 3.18. The van der Waals surface area contributed by atoms with Crippen molar-refractivity contribution < 1.29 is 14.3 Å². The first-order valence-electron chi connectivity index (χ1n) is 10.6. The van der Waals surface area contributed by atoms with E-state index in [1.54, 1.807) is 38.4 Å². The summed E-state index contributed by atoms with van der Waals surface area (Å²) in [5, 5.41) is 3.88. The molecule has 8 heteroatoms. The van der Waals surface area contributed by atoms with E-state index in [0.29, 0.717) is 18.0 Å². The van der Waals surface area contributed by atoms with Crippen molar-refractivity contribution in [3.05, 3.63) is 78.1 Å². The molecule has 1 amide bonds. The quantitative estimate of drug-likeness (QED) is 0.226. The van der Waals surface area contributed by atoms with Gasteiger partial charge in [0.15, 0.2) is 11.5 Å². The molecule has 7 nitrogen and oxygen atoms in total. The van der Waals surface area contributed by atoms with Gasteiger partial charge in [-0.25, -0.2) is 4.98 Å². The highest BCUT2D eigenvalue weighted by atomic mass is 32.2. The highest BCUT2D eigenvalue weighted by Crippen LogP contribution is 2.31. The Kier molecular flexibility index (Phi) is 7.39. The van der Waals surface area contributed by atoms with Crippen LogP contribution < -0.4 is 19.5 Å². The first-order valence-corrected chi connectivity index (χ1v) is 11.9. The predicted octanol–water partition coefficient (Wildman–Crippen LogP) is 5.27. The minimum Gasteiger partial charge on any atom is -0.493 e. The first-order chi connectivity index (χ1) is 16.6. The maximum absolute atomic E-state index is 12.5. The number of methoxy groups -OCH3 is 2. The Hall–Kier alpha value is -3.91. The summed E-state index contributed by atoms with van der Waals surface area (Å²) in [6.45, 7) is 0.376. The largest absolute Gasteiger partial charge is 0.493 e. The fourth-order valence-corrected chi connectivity index (χ4v) is 4.07. The van der Waals surface area contributed by atoms with Crippen molar-refractivity contribution in [1.82, 2.24) is 15.3 Å². The molecule has 0 atom stereocenters. The molecule has 0 unspecified atom stereocenters. The molecule has 2 heterocycles. The van der Waals surface area contributed by atoms with Crippen LogP contribution in [-0.4, -0.2) is 36.4 Å². The zero-order chi connectivity index (χ0) is 23.9. The number of benzene rings is 2. The molecule has 34 heavy (non-hydrogen) atoms. The summed E-state index contributed by atoms with van der Waals surface area (Å²) in [5.41, 5.74) is 5.75. The third-order valence-corrected chi connectivity index (χ3v) is 5.79. The van der Waals surface area contributed by atoms with Gasteiger partial charge in [0, 0.05) is 47.9 Å². The summed E-state index contributed by atoms with van der Waals surface area (Å²) in [5.74, 6) is 1.08. The SMILES string of the molecule is COc1ccc(CNC(=O)/C=C/c2c[nH]c3nccc(-c4ccc(NSC)cc4)c23)cc1OC. The number of carbonyl (C=O) groups excluding carboxylic acids is 1. The number of ether oxygens (including phenoxy) is 2. The monoisotopic (exact) mass is 474 g/mol. The number of carbonyl (C=O) groups is 1. The van der Waals surface area contributed by atoms with E-state index in [4.69, 9.17) is 9.47 Å². The average Bonchev–Trinajstić information content (AvgIpc) is 3.30. The Morgan fingerprint density at radius 2 is 1.88 bits per heavy atom.